The molecule has 7 heteroatoms. The molecule has 3 aromatic carbocycles. The van der Waals surface area contributed by atoms with E-state index in [1.807, 2.05) is 0 Å². The average molecular weight is 411 g/mol. The highest BCUT2D eigenvalue weighted by molar-refractivity contribution is 6.37. The van der Waals surface area contributed by atoms with Gasteiger partial charge in [-0.2, -0.15) is 0 Å². The first kappa shape index (κ1) is 20.2. The van der Waals surface area contributed by atoms with Gasteiger partial charge in [0.25, 0.3) is 11.8 Å². The second-order valence-electron chi connectivity index (χ2n) is 6.03. The Morgan fingerprint density at radius 2 is 1.07 bits per heavy atom. The first-order chi connectivity index (χ1) is 14.0. The maximum atomic E-state index is 12.5. The fraction of sp³-hybridized carbons (Fsp3) is 0.0909. The van der Waals surface area contributed by atoms with Crippen LogP contribution in [0.5, 0.6) is 11.5 Å². The summed E-state index contributed by atoms with van der Waals surface area (Å²) in [5.41, 5.74) is 1.68. The molecular formula is C22H19ClN2O4. The molecule has 0 spiro atoms. The number of carbonyl (C=O) groups excluding carboxylic acids is 2. The van der Waals surface area contributed by atoms with Gasteiger partial charge in [0, 0.05) is 11.1 Å². The molecule has 6 nitrogen and oxygen atoms in total. The number of halogens is 1. The molecule has 0 aliphatic rings. The molecule has 0 atom stereocenters. The Labute approximate surface area is 173 Å². The van der Waals surface area contributed by atoms with Gasteiger partial charge in [-0.15, -0.1) is 0 Å². The van der Waals surface area contributed by atoms with Gasteiger partial charge in [0.2, 0.25) is 0 Å². The fourth-order valence-corrected chi connectivity index (χ4v) is 2.82. The summed E-state index contributed by atoms with van der Waals surface area (Å²) >= 11 is 6.40. The molecule has 2 amide bonds. The Hall–Kier alpha value is -3.51. The molecule has 0 unspecified atom stereocenters. The summed E-state index contributed by atoms with van der Waals surface area (Å²) in [6.45, 7) is 0. The second kappa shape index (κ2) is 9.12. The summed E-state index contributed by atoms with van der Waals surface area (Å²) < 4.78 is 10.2. The van der Waals surface area contributed by atoms with Crippen molar-refractivity contribution in [1.29, 1.82) is 0 Å². The van der Waals surface area contributed by atoms with E-state index in [0.717, 1.165) is 0 Å². The van der Waals surface area contributed by atoms with Crippen LogP contribution in [-0.4, -0.2) is 26.0 Å². The zero-order valence-electron chi connectivity index (χ0n) is 15.9. The number of amides is 2. The summed E-state index contributed by atoms with van der Waals surface area (Å²) in [5, 5.41) is 5.74. The molecule has 3 rings (SSSR count). The summed E-state index contributed by atoms with van der Waals surface area (Å²) in [7, 11) is 3.11. The van der Waals surface area contributed by atoms with E-state index in [1.54, 1.807) is 80.9 Å². The normalized spacial score (nSPS) is 10.2. The lowest BCUT2D eigenvalue weighted by atomic mass is 10.2. The van der Waals surface area contributed by atoms with Gasteiger partial charge in [0.1, 0.15) is 11.5 Å². The first-order valence-electron chi connectivity index (χ1n) is 8.71. The Morgan fingerprint density at radius 1 is 0.690 bits per heavy atom. The summed E-state index contributed by atoms with van der Waals surface area (Å²) in [4.78, 5) is 24.9. The number of hydrogen-bond acceptors (Lipinski definition) is 4. The molecule has 0 aliphatic carbocycles. The van der Waals surface area contributed by atoms with Gasteiger partial charge in [-0.3, -0.25) is 9.59 Å². The topological polar surface area (TPSA) is 76.7 Å². The van der Waals surface area contributed by atoms with Gasteiger partial charge >= 0.3 is 0 Å². The van der Waals surface area contributed by atoms with Crippen molar-refractivity contribution in [1.82, 2.24) is 0 Å². The van der Waals surface area contributed by atoms with Crippen LogP contribution in [0.4, 0.5) is 11.4 Å². The van der Waals surface area contributed by atoms with E-state index in [0.29, 0.717) is 34.0 Å². The fourth-order valence-electron chi connectivity index (χ4n) is 2.60. The highest BCUT2D eigenvalue weighted by Gasteiger charge is 2.14. The zero-order valence-corrected chi connectivity index (χ0v) is 16.6. The molecule has 0 heterocycles. The lowest BCUT2D eigenvalue weighted by molar-refractivity contribution is 0.101. The number of ether oxygens (including phenoxy) is 2. The number of benzene rings is 3. The molecular weight excluding hydrogens is 392 g/mol. The van der Waals surface area contributed by atoms with Crippen molar-refractivity contribution in [2.75, 3.05) is 24.9 Å². The van der Waals surface area contributed by atoms with Crippen LogP contribution in [0.3, 0.4) is 0 Å². The summed E-state index contributed by atoms with van der Waals surface area (Å²) in [5.74, 6) is 0.659. The Balaban J connectivity index is 1.74. The Bertz CT molecular complexity index is 938. The predicted octanol–water partition coefficient (Wildman–Crippen LogP) is 4.86. The zero-order chi connectivity index (χ0) is 20.8. The maximum absolute atomic E-state index is 12.5. The van der Waals surface area contributed by atoms with Crippen LogP contribution in [0, 0.1) is 0 Å². The Morgan fingerprint density at radius 3 is 1.41 bits per heavy atom. The molecule has 3 aromatic rings. The predicted molar refractivity (Wildman–Crippen MR) is 113 cm³/mol. The SMILES string of the molecule is COc1ccc(C(=O)Nc2cccc(NC(=O)c3ccc(OC)cc3)c2Cl)cc1. The second-order valence-corrected chi connectivity index (χ2v) is 6.41. The standard InChI is InChI=1S/C22H19ClN2O4/c1-28-16-10-6-14(7-11-16)21(26)24-18-4-3-5-19(20(18)23)25-22(27)15-8-12-17(29-2)13-9-15/h3-13H,1-2H3,(H,24,26)(H,25,27). The highest BCUT2D eigenvalue weighted by Crippen LogP contribution is 2.31. The van der Waals surface area contributed by atoms with E-state index in [2.05, 4.69) is 10.6 Å². The van der Waals surface area contributed by atoms with Crippen molar-refractivity contribution in [2.45, 2.75) is 0 Å². The lowest BCUT2D eigenvalue weighted by Crippen LogP contribution is -2.14. The van der Waals surface area contributed by atoms with Crippen molar-refractivity contribution in [3.8, 4) is 11.5 Å². The molecule has 0 aliphatic heterocycles. The summed E-state index contributed by atoms with van der Waals surface area (Å²) in [6.07, 6.45) is 0. The number of anilines is 2. The van der Waals surface area contributed by atoms with Crippen molar-refractivity contribution < 1.29 is 19.1 Å². The van der Waals surface area contributed by atoms with E-state index in [1.165, 1.54) is 0 Å². The van der Waals surface area contributed by atoms with Crippen LogP contribution < -0.4 is 20.1 Å². The van der Waals surface area contributed by atoms with Crippen molar-refractivity contribution in [3.63, 3.8) is 0 Å². The third-order valence-electron chi connectivity index (χ3n) is 4.20. The maximum Gasteiger partial charge on any atom is 0.255 e. The average Bonchev–Trinajstić information content (AvgIpc) is 2.76. The monoisotopic (exact) mass is 410 g/mol. The summed E-state index contributed by atoms with van der Waals surface area (Å²) in [6, 6.07) is 18.4. The van der Waals surface area contributed by atoms with E-state index >= 15 is 0 Å². The van der Waals surface area contributed by atoms with E-state index in [4.69, 9.17) is 21.1 Å². The lowest BCUT2D eigenvalue weighted by Gasteiger charge is -2.12. The van der Waals surface area contributed by atoms with E-state index < -0.39 is 0 Å². The minimum absolute atomic E-state index is 0.233. The van der Waals surface area contributed by atoms with Gasteiger partial charge in [-0.1, -0.05) is 17.7 Å². The van der Waals surface area contributed by atoms with Crippen LogP contribution in [-0.2, 0) is 0 Å². The molecule has 0 bridgehead atoms. The van der Waals surface area contributed by atoms with Crippen molar-refractivity contribution >= 4 is 34.8 Å². The van der Waals surface area contributed by atoms with E-state index in [-0.39, 0.29) is 16.8 Å². The largest absolute Gasteiger partial charge is 0.497 e. The van der Waals surface area contributed by atoms with E-state index in [9.17, 15) is 9.59 Å². The molecule has 0 aromatic heterocycles. The molecule has 2 N–H and O–H groups in total. The molecule has 29 heavy (non-hydrogen) atoms. The van der Waals surface area contributed by atoms with Crippen molar-refractivity contribution in [3.05, 3.63) is 82.9 Å². The van der Waals surface area contributed by atoms with Gasteiger partial charge in [-0.05, 0) is 60.7 Å². The smallest absolute Gasteiger partial charge is 0.255 e. The molecule has 148 valence electrons. The van der Waals surface area contributed by atoms with Crippen LogP contribution in [0.2, 0.25) is 5.02 Å². The molecule has 0 fully saturated rings. The van der Waals surface area contributed by atoms with Crippen LogP contribution in [0.25, 0.3) is 0 Å². The quantitative estimate of drug-likeness (QED) is 0.608. The number of rotatable bonds is 6. The van der Waals surface area contributed by atoms with Crippen LogP contribution in [0.15, 0.2) is 66.7 Å². The first-order valence-corrected chi connectivity index (χ1v) is 9.09. The third kappa shape index (κ3) is 4.86. The Kier molecular flexibility index (Phi) is 6.36. The molecule has 0 saturated heterocycles. The molecule has 0 saturated carbocycles. The minimum Gasteiger partial charge on any atom is -0.497 e. The van der Waals surface area contributed by atoms with Gasteiger partial charge in [0.15, 0.2) is 0 Å². The number of nitrogens with one attached hydrogen (secondary N) is 2. The molecule has 0 radical (unpaired) electrons. The highest BCUT2D eigenvalue weighted by atomic mass is 35.5. The van der Waals surface area contributed by atoms with Crippen LogP contribution >= 0.6 is 11.6 Å². The van der Waals surface area contributed by atoms with Crippen LogP contribution in [0.1, 0.15) is 20.7 Å². The number of methoxy groups -OCH3 is 2. The van der Waals surface area contributed by atoms with Gasteiger partial charge in [-0.25, -0.2) is 0 Å². The third-order valence-corrected chi connectivity index (χ3v) is 4.61. The van der Waals surface area contributed by atoms with Gasteiger partial charge < -0.3 is 20.1 Å². The van der Waals surface area contributed by atoms with Crippen molar-refractivity contribution in [2.24, 2.45) is 0 Å². The van der Waals surface area contributed by atoms with Gasteiger partial charge in [0.05, 0.1) is 30.6 Å². The minimum atomic E-state index is -0.326. The number of carbonyl (C=O) groups is 2. The number of hydrogen-bond donors (Lipinski definition) is 2.